The van der Waals surface area contributed by atoms with Gasteiger partial charge in [0.2, 0.25) is 5.88 Å². The molecule has 1 aliphatic carbocycles. The molecule has 9 heteroatoms. The Morgan fingerprint density at radius 2 is 2.03 bits per heavy atom. The minimum absolute atomic E-state index is 0.110. The normalized spacial score (nSPS) is 13.4. The lowest BCUT2D eigenvalue weighted by Gasteiger charge is -2.11. The summed E-state index contributed by atoms with van der Waals surface area (Å²) in [4.78, 5) is 37.1. The number of hydrogen-bond donors (Lipinski definition) is 1. The molecule has 1 saturated carbocycles. The molecule has 0 aliphatic heterocycles. The summed E-state index contributed by atoms with van der Waals surface area (Å²) in [5.74, 6) is 0.354. The number of halogens is 2. The number of aryl methyl sites for hydroxylation is 2. The van der Waals surface area contributed by atoms with E-state index in [-0.39, 0.29) is 36.2 Å². The van der Waals surface area contributed by atoms with E-state index >= 15 is 0 Å². The van der Waals surface area contributed by atoms with E-state index in [2.05, 4.69) is 20.3 Å². The zero-order valence-corrected chi connectivity index (χ0v) is 17.0. The van der Waals surface area contributed by atoms with E-state index in [0.29, 0.717) is 29.1 Å². The minimum atomic E-state index is -2.57. The molecule has 1 aliphatic rings. The number of aromatic nitrogens is 3. The molecule has 1 fully saturated rings. The summed E-state index contributed by atoms with van der Waals surface area (Å²) in [5, 5.41) is 2.76. The van der Waals surface area contributed by atoms with Crippen LogP contribution in [0.2, 0.25) is 0 Å². The van der Waals surface area contributed by atoms with E-state index in [1.165, 1.54) is 6.20 Å². The third kappa shape index (κ3) is 6.01. The van der Waals surface area contributed by atoms with E-state index in [1.54, 1.807) is 19.1 Å². The standard InChI is InChI=1S/C21H24F2N4O3/c1-3-14-7-13(10-25-21(14)30-11-18(22)23)9-24-20(29)16-6-12(2)26-19(27-16)8-17(28)15-4-5-15/h6-7,10,15,18H,3-5,8-9,11H2,1-2H3,(H,24,29). The number of ketones is 1. The summed E-state index contributed by atoms with van der Waals surface area (Å²) in [6, 6.07) is 3.33. The second-order valence-corrected chi connectivity index (χ2v) is 7.27. The van der Waals surface area contributed by atoms with Gasteiger partial charge in [0.05, 0.1) is 6.42 Å². The van der Waals surface area contributed by atoms with Crippen molar-refractivity contribution < 1.29 is 23.1 Å². The van der Waals surface area contributed by atoms with Gasteiger partial charge in [0.15, 0.2) is 6.61 Å². The first-order valence-corrected chi connectivity index (χ1v) is 9.90. The summed E-state index contributed by atoms with van der Waals surface area (Å²) in [6.45, 7) is 3.09. The number of hydrogen-bond acceptors (Lipinski definition) is 6. The highest BCUT2D eigenvalue weighted by molar-refractivity contribution is 5.92. The average molecular weight is 418 g/mol. The van der Waals surface area contributed by atoms with E-state index in [4.69, 9.17) is 4.74 Å². The van der Waals surface area contributed by atoms with Gasteiger partial charge >= 0.3 is 0 Å². The lowest BCUT2D eigenvalue weighted by atomic mass is 10.1. The molecule has 30 heavy (non-hydrogen) atoms. The molecule has 0 radical (unpaired) electrons. The van der Waals surface area contributed by atoms with E-state index < -0.39 is 18.9 Å². The zero-order chi connectivity index (χ0) is 21.7. The molecule has 2 heterocycles. The highest BCUT2D eigenvalue weighted by Gasteiger charge is 2.30. The molecular formula is C21H24F2N4O3. The second-order valence-electron chi connectivity index (χ2n) is 7.27. The maximum Gasteiger partial charge on any atom is 0.272 e. The van der Waals surface area contributed by atoms with Crippen molar-refractivity contribution in [3.63, 3.8) is 0 Å². The van der Waals surface area contributed by atoms with Crippen molar-refractivity contribution >= 4 is 11.7 Å². The molecular weight excluding hydrogens is 394 g/mol. The van der Waals surface area contributed by atoms with Crippen molar-refractivity contribution in [1.29, 1.82) is 0 Å². The molecule has 0 unspecified atom stereocenters. The molecule has 0 atom stereocenters. The summed E-state index contributed by atoms with van der Waals surface area (Å²) >= 11 is 0. The molecule has 1 amide bonds. The Morgan fingerprint density at radius 3 is 2.70 bits per heavy atom. The van der Waals surface area contributed by atoms with Gasteiger partial charge in [0.25, 0.3) is 12.3 Å². The van der Waals surface area contributed by atoms with Gasteiger partial charge in [-0.25, -0.2) is 23.7 Å². The fourth-order valence-corrected chi connectivity index (χ4v) is 2.97. The fraction of sp³-hybridized carbons (Fsp3) is 0.476. The number of ether oxygens (including phenoxy) is 1. The molecule has 2 aromatic rings. The van der Waals surface area contributed by atoms with Crippen LogP contribution in [0.5, 0.6) is 5.88 Å². The summed E-state index contributed by atoms with van der Waals surface area (Å²) in [7, 11) is 0. The number of nitrogens with zero attached hydrogens (tertiary/aromatic N) is 3. The van der Waals surface area contributed by atoms with Crippen LogP contribution >= 0.6 is 0 Å². The van der Waals surface area contributed by atoms with Crippen LogP contribution in [0.1, 0.15) is 52.9 Å². The van der Waals surface area contributed by atoms with Gasteiger partial charge in [-0.15, -0.1) is 0 Å². The lowest BCUT2D eigenvalue weighted by molar-refractivity contribution is -0.119. The molecule has 0 aromatic carbocycles. The number of amides is 1. The van der Waals surface area contributed by atoms with Crippen LogP contribution in [0.3, 0.4) is 0 Å². The molecule has 1 N–H and O–H groups in total. The highest BCUT2D eigenvalue weighted by atomic mass is 19.3. The van der Waals surface area contributed by atoms with Crippen LogP contribution in [0.4, 0.5) is 8.78 Å². The predicted octanol–water partition coefficient (Wildman–Crippen LogP) is 2.84. The van der Waals surface area contributed by atoms with Crippen LogP contribution in [0.15, 0.2) is 18.3 Å². The summed E-state index contributed by atoms with van der Waals surface area (Å²) in [6.07, 6.45) is 1.42. The first-order chi connectivity index (χ1) is 14.4. The van der Waals surface area contributed by atoms with Crippen molar-refractivity contribution in [2.45, 2.75) is 52.5 Å². The second kappa shape index (κ2) is 9.69. The first kappa shape index (κ1) is 21.7. The number of nitrogens with one attached hydrogen (secondary N) is 1. The Labute approximate surface area is 173 Å². The molecule has 0 spiro atoms. The third-order valence-electron chi connectivity index (χ3n) is 4.66. The number of pyridine rings is 1. The van der Waals surface area contributed by atoms with Gasteiger partial charge in [0.1, 0.15) is 17.3 Å². The fourth-order valence-electron chi connectivity index (χ4n) is 2.97. The van der Waals surface area contributed by atoms with Crippen molar-refractivity contribution in [3.05, 3.63) is 46.7 Å². The lowest BCUT2D eigenvalue weighted by Crippen LogP contribution is -2.25. The van der Waals surface area contributed by atoms with E-state index in [1.807, 2.05) is 6.92 Å². The highest BCUT2D eigenvalue weighted by Crippen LogP contribution is 2.30. The Hall–Kier alpha value is -2.97. The van der Waals surface area contributed by atoms with E-state index in [9.17, 15) is 18.4 Å². The van der Waals surface area contributed by atoms with Gasteiger partial charge in [0, 0.05) is 29.9 Å². The monoisotopic (exact) mass is 418 g/mol. The topological polar surface area (TPSA) is 94.1 Å². The first-order valence-electron chi connectivity index (χ1n) is 9.90. The molecule has 2 aromatic heterocycles. The van der Waals surface area contributed by atoms with Crippen molar-refractivity contribution in [1.82, 2.24) is 20.3 Å². The quantitative estimate of drug-likeness (QED) is 0.638. The molecule has 160 valence electrons. The Bertz CT molecular complexity index is 932. The van der Waals surface area contributed by atoms with Crippen LogP contribution in [-0.4, -0.2) is 39.7 Å². The Balaban J connectivity index is 1.63. The Kier molecular flexibility index (Phi) is 7.02. The maximum absolute atomic E-state index is 12.5. The smallest absolute Gasteiger partial charge is 0.272 e. The molecule has 0 bridgehead atoms. The predicted molar refractivity (Wildman–Crippen MR) is 104 cm³/mol. The maximum atomic E-state index is 12.5. The van der Waals surface area contributed by atoms with Crippen LogP contribution in [0, 0.1) is 12.8 Å². The third-order valence-corrected chi connectivity index (χ3v) is 4.66. The number of rotatable bonds is 10. The van der Waals surface area contributed by atoms with Gasteiger partial charge in [-0.2, -0.15) is 0 Å². The van der Waals surface area contributed by atoms with E-state index in [0.717, 1.165) is 12.8 Å². The Morgan fingerprint density at radius 1 is 1.27 bits per heavy atom. The number of alkyl halides is 2. The minimum Gasteiger partial charge on any atom is -0.471 e. The average Bonchev–Trinajstić information content (AvgIpc) is 3.55. The van der Waals surface area contributed by atoms with Gasteiger partial charge < -0.3 is 10.1 Å². The van der Waals surface area contributed by atoms with Crippen LogP contribution in [0.25, 0.3) is 0 Å². The van der Waals surface area contributed by atoms with Crippen LogP contribution < -0.4 is 10.1 Å². The SMILES string of the molecule is CCc1cc(CNC(=O)c2cc(C)nc(CC(=O)C3CC3)n2)cnc1OCC(F)F. The van der Waals surface area contributed by atoms with Gasteiger partial charge in [-0.3, -0.25) is 9.59 Å². The van der Waals surface area contributed by atoms with Crippen LogP contribution in [-0.2, 0) is 24.2 Å². The number of carbonyl (C=O) groups is 2. The number of Topliss-reactive ketones (excluding diaryl/α,β-unsaturated/α-hetero) is 1. The van der Waals surface area contributed by atoms with Gasteiger partial charge in [-0.05, 0) is 43.9 Å². The van der Waals surface area contributed by atoms with Crippen molar-refractivity contribution in [2.24, 2.45) is 5.92 Å². The van der Waals surface area contributed by atoms with Gasteiger partial charge in [-0.1, -0.05) is 6.92 Å². The summed E-state index contributed by atoms with van der Waals surface area (Å²) < 4.78 is 29.7. The molecule has 7 nitrogen and oxygen atoms in total. The summed E-state index contributed by atoms with van der Waals surface area (Å²) in [5.41, 5.74) is 2.20. The molecule has 0 saturated heterocycles. The molecule has 3 rings (SSSR count). The van der Waals surface area contributed by atoms with Crippen molar-refractivity contribution in [3.8, 4) is 5.88 Å². The largest absolute Gasteiger partial charge is 0.471 e. The van der Waals surface area contributed by atoms with Crippen molar-refractivity contribution in [2.75, 3.05) is 6.61 Å². The number of carbonyl (C=O) groups excluding carboxylic acids is 2. The zero-order valence-electron chi connectivity index (χ0n) is 17.0.